The standard InChI is InChI=1S/C8H13NO3/c1-3-11-8(10)6-4-12-5(2)7(6)9/h5H,3-4,9H2,1-2H3/t5-/m1/s1. The summed E-state index contributed by atoms with van der Waals surface area (Å²) in [5.74, 6) is -0.362. The third kappa shape index (κ3) is 1.58. The van der Waals surface area contributed by atoms with E-state index in [-0.39, 0.29) is 18.7 Å². The maximum absolute atomic E-state index is 11.2. The van der Waals surface area contributed by atoms with Crippen LogP contribution in [0.4, 0.5) is 0 Å². The predicted molar refractivity (Wildman–Crippen MR) is 43.3 cm³/mol. The summed E-state index contributed by atoms with van der Waals surface area (Å²) in [7, 11) is 0. The van der Waals surface area contributed by atoms with Gasteiger partial charge in [0.25, 0.3) is 0 Å². The van der Waals surface area contributed by atoms with Crippen molar-refractivity contribution >= 4 is 5.97 Å². The zero-order valence-corrected chi connectivity index (χ0v) is 7.29. The van der Waals surface area contributed by atoms with Gasteiger partial charge in [0.1, 0.15) is 0 Å². The van der Waals surface area contributed by atoms with Gasteiger partial charge in [0.05, 0.1) is 30.6 Å². The summed E-state index contributed by atoms with van der Waals surface area (Å²) in [6.45, 7) is 4.20. The van der Waals surface area contributed by atoms with Crippen LogP contribution in [0.1, 0.15) is 13.8 Å². The monoisotopic (exact) mass is 171 g/mol. The average molecular weight is 171 g/mol. The number of hydrogen-bond donors (Lipinski definition) is 1. The minimum absolute atomic E-state index is 0.163. The van der Waals surface area contributed by atoms with Gasteiger partial charge < -0.3 is 15.2 Å². The molecule has 0 saturated carbocycles. The van der Waals surface area contributed by atoms with Crippen LogP contribution in [0, 0.1) is 0 Å². The van der Waals surface area contributed by atoms with Gasteiger partial charge in [-0.25, -0.2) is 4.79 Å². The summed E-state index contributed by atoms with van der Waals surface area (Å²) in [5, 5.41) is 0. The molecule has 0 aromatic carbocycles. The van der Waals surface area contributed by atoms with Crippen molar-refractivity contribution in [1.29, 1.82) is 0 Å². The zero-order chi connectivity index (χ0) is 9.14. The van der Waals surface area contributed by atoms with Crippen LogP contribution in [0.15, 0.2) is 11.3 Å². The van der Waals surface area contributed by atoms with Crippen molar-refractivity contribution in [2.24, 2.45) is 5.73 Å². The summed E-state index contributed by atoms with van der Waals surface area (Å²) in [6.07, 6.45) is -0.163. The van der Waals surface area contributed by atoms with Crippen molar-refractivity contribution in [3.05, 3.63) is 11.3 Å². The Morgan fingerprint density at radius 3 is 2.92 bits per heavy atom. The lowest BCUT2D eigenvalue weighted by molar-refractivity contribution is -0.138. The number of hydrogen-bond acceptors (Lipinski definition) is 4. The van der Waals surface area contributed by atoms with E-state index in [9.17, 15) is 4.79 Å². The van der Waals surface area contributed by atoms with E-state index in [2.05, 4.69) is 0 Å². The number of nitrogens with two attached hydrogens (primary N) is 1. The minimum Gasteiger partial charge on any atom is -0.463 e. The van der Waals surface area contributed by atoms with Gasteiger partial charge in [-0.2, -0.15) is 0 Å². The van der Waals surface area contributed by atoms with E-state index in [0.717, 1.165) is 0 Å². The maximum atomic E-state index is 11.2. The molecule has 0 bridgehead atoms. The summed E-state index contributed by atoms with van der Waals surface area (Å²) in [6, 6.07) is 0. The highest BCUT2D eigenvalue weighted by atomic mass is 16.5. The molecule has 0 saturated heterocycles. The van der Waals surface area contributed by atoms with Crippen molar-refractivity contribution < 1.29 is 14.3 Å². The van der Waals surface area contributed by atoms with E-state index in [1.807, 2.05) is 6.92 Å². The Balaban J connectivity index is 2.68. The smallest absolute Gasteiger partial charge is 0.338 e. The molecule has 0 radical (unpaired) electrons. The molecule has 1 rings (SSSR count). The first-order chi connectivity index (χ1) is 5.66. The van der Waals surface area contributed by atoms with Gasteiger partial charge in [-0.1, -0.05) is 0 Å². The molecule has 68 valence electrons. The molecule has 4 nitrogen and oxygen atoms in total. The first-order valence-corrected chi connectivity index (χ1v) is 3.94. The van der Waals surface area contributed by atoms with E-state index < -0.39 is 0 Å². The molecule has 0 unspecified atom stereocenters. The highest BCUT2D eigenvalue weighted by Gasteiger charge is 2.25. The first-order valence-electron chi connectivity index (χ1n) is 3.94. The molecule has 4 heteroatoms. The average Bonchev–Trinajstić information content (AvgIpc) is 2.34. The van der Waals surface area contributed by atoms with Gasteiger partial charge in [-0.3, -0.25) is 0 Å². The number of ether oxygens (including phenoxy) is 2. The molecule has 0 spiro atoms. The topological polar surface area (TPSA) is 61.5 Å². The summed E-state index contributed by atoms with van der Waals surface area (Å²) in [4.78, 5) is 11.2. The highest BCUT2D eigenvalue weighted by Crippen LogP contribution is 2.17. The molecule has 1 heterocycles. The predicted octanol–water partition coefficient (Wildman–Crippen LogP) is 0.181. The van der Waals surface area contributed by atoms with Crippen molar-refractivity contribution in [1.82, 2.24) is 0 Å². The second kappa shape index (κ2) is 3.58. The van der Waals surface area contributed by atoms with Gasteiger partial charge >= 0.3 is 5.97 Å². The minimum atomic E-state index is -0.362. The van der Waals surface area contributed by atoms with E-state index in [4.69, 9.17) is 15.2 Å². The number of esters is 1. The second-order valence-electron chi connectivity index (χ2n) is 2.61. The molecular formula is C8H13NO3. The lowest BCUT2D eigenvalue weighted by Gasteiger charge is -2.02. The Morgan fingerprint density at radius 1 is 1.83 bits per heavy atom. The Morgan fingerprint density at radius 2 is 2.50 bits per heavy atom. The lowest BCUT2D eigenvalue weighted by Crippen LogP contribution is -2.15. The molecule has 1 aliphatic rings. The van der Waals surface area contributed by atoms with Gasteiger partial charge in [-0.15, -0.1) is 0 Å². The largest absolute Gasteiger partial charge is 0.463 e. The first kappa shape index (κ1) is 9.06. The Hall–Kier alpha value is -1.03. The molecule has 0 aromatic rings. The highest BCUT2D eigenvalue weighted by molar-refractivity contribution is 5.90. The molecule has 1 atom stereocenters. The fourth-order valence-corrected chi connectivity index (χ4v) is 1.02. The number of carbonyl (C=O) groups excluding carboxylic acids is 1. The second-order valence-corrected chi connectivity index (χ2v) is 2.61. The zero-order valence-electron chi connectivity index (χ0n) is 7.29. The van der Waals surface area contributed by atoms with E-state index in [1.54, 1.807) is 6.92 Å². The van der Waals surface area contributed by atoms with Crippen molar-refractivity contribution in [3.63, 3.8) is 0 Å². The van der Waals surface area contributed by atoms with Gasteiger partial charge in [0.15, 0.2) is 0 Å². The van der Waals surface area contributed by atoms with Crippen LogP contribution in [0.5, 0.6) is 0 Å². The van der Waals surface area contributed by atoms with Crippen LogP contribution in [0.3, 0.4) is 0 Å². The molecule has 1 aliphatic heterocycles. The van der Waals surface area contributed by atoms with E-state index >= 15 is 0 Å². The Bertz CT molecular complexity index is 222. The van der Waals surface area contributed by atoms with Crippen molar-refractivity contribution in [2.75, 3.05) is 13.2 Å². The van der Waals surface area contributed by atoms with Crippen LogP contribution >= 0.6 is 0 Å². The fourth-order valence-electron chi connectivity index (χ4n) is 1.02. The fraction of sp³-hybridized carbons (Fsp3) is 0.625. The van der Waals surface area contributed by atoms with Gasteiger partial charge in [0.2, 0.25) is 0 Å². The van der Waals surface area contributed by atoms with Crippen LogP contribution in [0.25, 0.3) is 0 Å². The van der Waals surface area contributed by atoms with Crippen LogP contribution in [-0.2, 0) is 14.3 Å². The number of rotatable bonds is 2. The molecule has 0 fully saturated rings. The van der Waals surface area contributed by atoms with E-state index in [1.165, 1.54) is 0 Å². The van der Waals surface area contributed by atoms with Crippen LogP contribution < -0.4 is 5.73 Å². The van der Waals surface area contributed by atoms with Crippen LogP contribution in [0.2, 0.25) is 0 Å². The van der Waals surface area contributed by atoms with Gasteiger partial charge in [-0.05, 0) is 13.8 Å². The normalized spacial score (nSPS) is 23.0. The van der Waals surface area contributed by atoms with Crippen LogP contribution in [-0.4, -0.2) is 25.3 Å². The number of carbonyl (C=O) groups is 1. The van der Waals surface area contributed by atoms with Crippen molar-refractivity contribution in [2.45, 2.75) is 20.0 Å². The molecular weight excluding hydrogens is 158 g/mol. The lowest BCUT2D eigenvalue weighted by atomic mass is 10.2. The summed E-state index contributed by atoms with van der Waals surface area (Å²) < 4.78 is 9.93. The third-order valence-electron chi connectivity index (χ3n) is 1.79. The SMILES string of the molecule is CCOC(=O)C1=C(N)[C@@H](C)OC1. The Labute approximate surface area is 71.3 Å². The summed E-state index contributed by atoms with van der Waals surface area (Å²) in [5.41, 5.74) is 6.56. The third-order valence-corrected chi connectivity index (χ3v) is 1.79. The molecule has 0 amide bonds. The maximum Gasteiger partial charge on any atom is 0.338 e. The van der Waals surface area contributed by atoms with E-state index in [0.29, 0.717) is 17.9 Å². The van der Waals surface area contributed by atoms with Crippen molar-refractivity contribution in [3.8, 4) is 0 Å². The molecule has 12 heavy (non-hydrogen) atoms. The quantitative estimate of drug-likeness (QED) is 0.602. The molecule has 0 aliphatic carbocycles. The molecule has 0 aromatic heterocycles. The Kier molecular flexibility index (Phi) is 2.70. The van der Waals surface area contributed by atoms with Gasteiger partial charge in [0, 0.05) is 0 Å². The summed E-state index contributed by atoms with van der Waals surface area (Å²) >= 11 is 0. The molecule has 2 N–H and O–H groups in total.